The van der Waals surface area contributed by atoms with Gasteiger partial charge in [-0.05, 0) is 67.9 Å². The van der Waals surface area contributed by atoms with Gasteiger partial charge in [0.1, 0.15) is 12.5 Å². The smallest absolute Gasteiger partial charge is 0.334 e. The number of nitrogens with zero attached hydrogens (tertiary/aromatic N) is 5. The number of hydrogen-bond acceptors (Lipinski definition) is 5. The average molecular weight is 516 g/mol. The summed E-state index contributed by atoms with van der Waals surface area (Å²) in [5.74, 6) is 0.624. The Morgan fingerprint density at radius 2 is 1.73 bits per heavy atom. The fourth-order valence-electron chi connectivity index (χ4n) is 4.43. The number of aromatic nitrogens is 5. The van der Waals surface area contributed by atoms with Crippen LogP contribution in [-0.4, -0.2) is 38.4 Å². The zero-order valence-corrected chi connectivity index (χ0v) is 23.1. The Balaban J connectivity index is 1.43. The molecule has 5 aromatic rings. The van der Waals surface area contributed by atoms with Crippen LogP contribution in [-0.2, 0) is 18.0 Å². The van der Waals surface area contributed by atoms with Gasteiger partial charge in [-0.2, -0.15) is 4.98 Å². The van der Waals surface area contributed by atoms with E-state index in [1.165, 1.54) is 0 Å². The van der Waals surface area contributed by atoms with E-state index in [4.69, 9.17) is 14.5 Å². The van der Waals surface area contributed by atoms with Crippen LogP contribution >= 0.6 is 0 Å². The first-order chi connectivity index (χ1) is 17.8. The van der Waals surface area contributed by atoms with E-state index in [0.717, 1.165) is 33.8 Å². The number of hydrogen-bond donors (Lipinski definition) is 0. The van der Waals surface area contributed by atoms with Crippen LogP contribution in [0.25, 0.3) is 27.9 Å². The van der Waals surface area contributed by atoms with Crippen LogP contribution in [0.5, 0.6) is 11.8 Å². The molecule has 0 amide bonds. The van der Waals surface area contributed by atoms with Crippen LogP contribution in [0.1, 0.15) is 12.5 Å². The van der Waals surface area contributed by atoms with Crippen LogP contribution in [0.4, 0.5) is 0 Å². The number of rotatable bonds is 9. The van der Waals surface area contributed by atoms with Crippen molar-refractivity contribution in [2.75, 3.05) is 6.61 Å². The van der Waals surface area contributed by atoms with Gasteiger partial charge in [0, 0.05) is 27.4 Å². The first kappa shape index (κ1) is 25.0. The molecule has 3 aromatic heterocycles. The number of fused-ring (bicyclic) bond motifs is 2. The molecule has 2 aromatic carbocycles. The van der Waals surface area contributed by atoms with E-state index < -0.39 is 8.07 Å². The minimum atomic E-state index is -1.18. The molecule has 37 heavy (non-hydrogen) atoms. The quantitative estimate of drug-likeness (QED) is 0.179. The van der Waals surface area contributed by atoms with Gasteiger partial charge in [-0.25, -0.2) is 14.3 Å². The predicted octanol–water partition coefficient (Wildman–Crippen LogP) is 5.97. The summed E-state index contributed by atoms with van der Waals surface area (Å²) in [5, 5.41) is 0. The molecule has 0 saturated heterocycles. The highest BCUT2D eigenvalue weighted by atomic mass is 28.3. The third kappa shape index (κ3) is 4.97. The van der Waals surface area contributed by atoms with E-state index in [2.05, 4.69) is 24.6 Å². The molecule has 0 fully saturated rings. The lowest BCUT2D eigenvalue weighted by Crippen LogP contribution is -2.22. The third-order valence-corrected chi connectivity index (χ3v) is 8.17. The maximum absolute atomic E-state index is 13.2. The Kier molecular flexibility index (Phi) is 6.74. The van der Waals surface area contributed by atoms with Crippen molar-refractivity contribution in [1.29, 1.82) is 0 Å². The van der Waals surface area contributed by atoms with Crippen LogP contribution < -0.4 is 10.4 Å². The lowest BCUT2D eigenvalue weighted by molar-refractivity contribution is 0.0850. The molecule has 0 radical (unpaired) electrons. The van der Waals surface area contributed by atoms with E-state index in [9.17, 15) is 4.79 Å². The van der Waals surface area contributed by atoms with Crippen LogP contribution in [0, 0.1) is 6.92 Å². The number of benzene rings is 2. The number of imidazole rings is 2. The number of ether oxygens (including phenoxy) is 2. The Morgan fingerprint density at radius 3 is 2.46 bits per heavy atom. The van der Waals surface area contributed by atoms with Gasteiger partial charge in [0.15, 0.2) is 5.65 Å². The van der Waals surface area contributed by atoms with Crippen LogP contribution in [0.3, 0.4) is 0 Å². The van der Waals surface area contributed by atoms with E-state index >= 15 is 0 Å². The van der Waals surface area contributed by atoms with Gasteiger partial charge < -0.3 is 9.47 Å². The summed E-state index contributed by atoms with van der Waals surface area (Å²) in [6.45, 7) is 12.6. The monoisotopic (exact) mass is 515 g/mol. The Morgan fingerprint density at radius 1 is 0.973 bits per heavy atom. The molecule has 0 N–H and O–H groups in total. The third-order valence-electron chi connectivity index (χ3n) is 6.47. The summed E-state index contributed by atoms with van der Waals surface area (Å²) in [4.78, 5) is 22.4. The zero-order valence-electron chi connectivity index (χ0n) is 22.1. The van der Waals surface area contributed by atoms with Crippen molar-refractivity contribution in [2.24, 2.45) is 0 Å². The molecule has 0 aliphatic heterocycles. The minimum absolute atomic E-state index is 0.106. The van der Waals surface area contributed by atoms with Crippen molar-refractivity contribution in [3.05, 3.63) is 76.8 Å². The second-order valence-corrected chi connectivity index (χ2v) is 16.0. The molecule has 9 heteroatoms. The van der Waals surface area contributed by atoms with Gasteiger partial charge in [-0.1, -0.05) is 31.8 Å². The lowest BCUT2D eigenvalue weighted by Gasteiger charge is -2.16. The maximum Gasteiger partial charge on any atom is 0.334 e. The fourth-order valence-corrected chi connectivity index (χ4v) is 5.18. The Hall–Kier alpha value is -3.69. The van der Waals surface area contributed by atoms with E-state index in [-0.39, 0.29) is 5.69 Å². The summed E-state index contributed by atoms with van der Waals surface area (Å²) in [6, 6.07) is 18.9. The molecule has 0 aliphatic carbocycles. The highest BCUT2D eigenvalue weighted by Crippen LogP contribution is 2.27. The van der Waals surface area contributed by atoms with Crippen molar-refractivity contribution in [1.82, 2.24) is 23.7 Å². The van der Waals surface area contributed by atoms with Crippen molar-refractivity contribution in [3.63, 3.8) is 0 Å². The van der Waals surface area contributed by atoms with Crippen molar-refractivity contribution < 1.29 is 9.47 Å². The molecule has 5 rings (SSSR count). The molecule has 0 saturated carbocycles. The molecule has 192 valence electrons. The van der Waals surface area contributed by atoms with E-state index in [1.807, 2.05) is 73.0 Å². The van der Waals surface area contributed by atoms with Gasteiger partial charge in [0.25, 0.3) is 0 Å². The van der Waals surface area contributed by atoms with Crippen molar-refractivity contribution >= 4 is 30.3 Å². The SMILES string of the molecule is CCn1c(=O)n(-c2ccc(Oc3nc4ccccc4n3COCC[Si](C)(C)C)cc2)c2nccc(C)c21. The first-order valence-corrected chi connectivity index (χ1v) is 16.4. The topological polar surface area (TPSA) is 76.1 Å². The first-order valence-electron chi connectivity index (χ1n) is 12.6. The average Bonchev–Trinajstić information content (AvgIpc) is 3.36. The lowest BCUT2D eigenvalue weighted by atomic mass is 10.2. The number of pyridine rings is 1. The highest BCUT2D eigenvalue weighted by molar-refractivity contribution is 6.76. The molecule has 0 atom stereocenters. The normalized spacial score (nSPS) is 12.0. The zero-order chi connectivity index (χ0) is 26.2. The minimum Gasteiger partial charge on any atom is -0.425 e. The van der Waals surface area contributed by atoms with Crippen LogP contribution in [0.2, 0.25) is 25.7 Å². The second kappa shape index (κ2) is 9.99. The Labute approximate surface area is 217 Å². The van der Waals surface area contributed by atoms with Gasteiger partial charge in [0.2, 0.25) is 0 Å². The van der Waals surface area contributed by atoms with E-state index in [0.29, 0.717) is 37.3 Å². The molecule has 0 aliphatic rings. The molecule has 0 bridgehead atoms. The molecule has 8 nitrogen and oxygen atoms in total. The van der Waals surface area contributed by atoms with Gasteiger partial charge in [0.05, 0.1) is 22.2 Å². The fraction of sp³-hybridized carbons (Fsp3) is 0.321. The second-order valence-electron chi connectivity index (χ2n) is 10.4. The summed E-state index contributed by atoms with van der Waals surface area (Å²) >= 11 is 0. The van der Waals surface area contributed by atoms with Gasteiger partial charge in [-0.15, -0.1) is 0 Å². The summed E-state index contributed by atoms with van der Waals surface area (Å²) < 4.78 is 17.6. The van der Waals surface area contributed by atoms with Gasteiger partial charge >= 0.3 is 11.7 Å². The predicted molar refractivity (Wildman–Crippen MR) is 150 cm³/mol. The number of para-hydroxylation sites is 2. The molecular formula is C28H33N5O3Si. The van der Waals surface area contributed by atoms with Crippen molar-refractivity contribution in [2.45, 2.75) is 52.8 Å². The van der Waals surface area contributed by atoms with Crippen molar-refractivity contribution in [3.8, 4) is 17.4 Å². The summed E-state index contributed by atoms with van der Waals surface area (Å²) in [5.41, 5.74) is 4.97. The Bertz CT molecular complexity index is 1610. The molecule has 0 unspecified atom stereocenters. The number of aryl methyl sites for hydroxylation is 2. The largest absolute Gasteiger partial charge is 0.425 e. The molecular weight excluding hydrogens is 482 g/mol. The molecule has 0 spiro atoms. The molecule has 3 heterocycles. The summed E-state index contributed by atoms with van der Waals surface area (Å²) in [6.07, 6.45) is 1.74. The maximum atomic E-state index is 13.2. The van der Waals surface area contributed by atoms with Crippen LogP contribution in [0.15, 0.2) is 65.6 Å². The van der Waals surface area contributed by atoms with E-state index in [1.54, 1.807) is 15.3 Å². The standard InChI is InChI=1S/C28H33N5O3Si/c1-6-31-25-20(2)15-16-29-26(25)33(28(31)34)21-11-13-22(14-12-21)36-27-30-23-9-7-8-10-24(23)32(27)19-35-17-18-37(3,4)5/h7-16H,6,17-19H2,1-5H3. The summed E-state index contributed by atoms with van der Waals surface area (Å²) in [7, 11) is -1.18. The van der Waals surface area contributed by atoms with Gasteiger partial charge in [-0.3, -0.25) is 9.13 Å². The highest BCUT2D eigenvalue weighted by Gasteiger charge is 2.18.